The summed E-state index contributed by atoms with van der Waals surface area (Å²) in [5.74, 6) is -0.501. The number of H-pyrrole nitrogens is 1. The number of benzene rings is 1. The molecule has 1 amide bonds. The van der Waals surface area contributed by atoms with Crippen molar-refractivity contribution in [1.29, 1.82) is 0 Å². The third-order valence-electron chi connectivity index (χ3n) is 4.95. The zero-order valence-corrected chi connectivity index (χ0v) is 16.4. The van der Waals surface area contributed by atoms with Crippen molar-refractivity contribution in [3.8, 4) is 5.69 Å². The van der Waals surface area contributed by atoms with Gasteiger partial charge in [0.15, 0.2) is 5.69 Å². The van der Waals surface area contributed by atoms with E-state index in [-0.39, 0.29) is 30.2 Å². The van der Waals surface area contributed by atoms with E-state index in [4.69, 9.17) is 0 Å². The summed E-state index contributed by atoms with van der Waals surface area (Å²) >= 11 is 0. The minimum absolute atomic E-state index is 0. The van der Waals surface area contributed by atoms with Gasteiger partial charge in [-0.3, -0.25) is 9.89 Å². The Hall–Kier alpha value is -2.71. The highest BCUT2D eigenvalue weighted by Gasteiger charge is 2.24. The van der Waals surface area contributed by atoms with Gasteiger partial charge >= 0.3 is 0 Å². The van der Waals surface area contributed by atoms with Crippen LogP contribution in [-0.2, 0) is 13.0 Å². The Morgan fingerprint density at radius 1 is 1.32 bits per heavy atom. The smallest absolute Gasteiger partial charge is 0.272 e. The topological polar surface area (TPSA) is 87.6 Å². The zero-order valence-electron chi connectivity index (χ0n) is 15.6. The summed E-state index contributed by atoms with van der Waals surface area (Å²) in [6.07, 6.45) is 2.57. The Morgan fingerprint density at radius 2 is 2.07 bits per heavy atom. The van der Waals surface area contributed by atoms with Gasteiger partial charge in [0.1, 0.15) is 5.82 Å². The van der Waals surface area contributed by atoms with E-state index in [2.05, 4.69) is 25.9 Å². The van der Waals surface area contributed by atoms with Crippen LogP contribution >= 0.6 is 12.4 Å². The van der Waals surface area contributed by atoms with Gasteiger partial charge in [-0.25, -0.2) is 9.07 Å². The molecule has 0 fully saturated rings. The maximum atomic E-state index is 13.1. The van der Waals surface area contributed by atoms with Gasteiger partial charge in [0.05, 0.1) is 17.9 Å². The molecule has 0 saturated heterocycles. The predicted molar refractivity (Wildman–Crippen MR) is 105 cm³/mol. The molecule has 2 aromatic heterocycles. The van der Waals surface area contributed by atoms with Crippen molar-refractivity contribution in [1.82, 2.24) is 30.6 Å². The number of nitrogens with one attached hydrogen (secondary N) is 3. The van der Waals surface area contributed by atoms with E-state index < -0.39 is 0 Å². The summed E-state index contributed by atoms with van der Waals surface area (Å²) in [4.78, 5) is 12.7. The van der Waals surface area contributed by atoms with E-state index in [1.807, 2.05) is 13.8 Å². The minimum Gasteiger partial charge on any atom is -0.344 e. The third-order valence-corrected chi connectivity index (χ3v) is 4.95. The molecule has 1 unspecified atom stereocenters. The van der Waals surface area contributed by atoms with Crippen molar-refractivity contribution in [3.63, 3.8) is 0 Å². The van der Waals surface area contributed by atoms with Crippen molar-refractivity contribution in [3.05, 3.63) is 64.5 Å². The Bertz CT molecular complexity index is 981. The van der Waals surface area contributed by atoms with Crippen LogP contribution in [-0.4, -0.2) is 32.4 Å². The molecule has 3 aromatic rings. The predicted octanol–water partition coefficient (Wildman–Crippen LogP) is 2.60. The van der Waals surface area contributed by atoms with Gasteiger partial charge in [-0.15, -0.1) is 12.4 Å². The van der Waals surface area contributed by atoms with Crippen LogP contribution in [0, 0.1) is 12.7 Å². The number of nitrogens with zero attached hydrogens (tertiary/aromatic N) is 3. The summed E-state index contributed by atoms with van der Waals surface area (Å²) in [6, 6.07) is 5.90. The van der Waals surface area contributed by atoms with Crippen molar-refractivity contribution in [2.45, 2.75) is 32.9 Å². The molecule has 1 aliphatic rings. The van der Waals surface area contributed by atoms with Crippen LogP contribution < -0.4 is 10.6 Å². The standard InChI is InChI=1S/C19H21FN6O.ClH/c1-11(23-19(27)18-16-9-21-8-7-17(16)24-25-18)15-10-22-26(12(15)2)14-5-3-13(20)4-6-14;/h3-6,10-11,21H,7-9H2,1-2H3,(H,23,27)(H,24,25);1H. The molecule has 3 heterocycles. The lowest BCUT2D eigenvalue weighted by atomic mass is 10.1. The fourth-order valence-electron chi connectivity index (χ4n) is 3.45. The molecule has 1 atom stereocenters. The number of hydrogen-bond acceptors (Lipinski definition) is 4. The second-order valence-electron chi connectivity index (χ2n) is 6.72. The third kappa shape index (κ3) is 3.65. The van der Waals surface area contributed by atoms with E-state index in [1.54, 1.807) is 23.0 Å². The van der Waals surface area contributed by atoms with Crippen molar-refractivity contribution in [2.24, 2.45) is 0 Å². The highest BCUT2D eigenvalue weighted by atomic mass is 35.5. The molecule has 1 aromatic carbocycles. The second-order valence-corrected chi connectivity index (χ2v) is 6.72. The van der Waals surface area contributed by atoms with Crippen LogP contribution in [0.15, 0.2) is 30.5 Å². The number of hydrogen-bond donors (Lipinski definition) is 3. The summed E-state index contributed by atoms with van der Waals surface area (Å²) < 4.78 is 14.9. The first kappa shape index (κ1) is 20.0. The number of rotatable bonds is 4. The van der Waals surface area contributed by atoms with Gasteiger partial charge in [0.25, 0.3) is 5.91 Å². The molecule has 148 valence electrons. The number of fused-ring (bicyclic) bond motifs is 1. The van der Waals surface area contributed by atoms with Crippen LogP contribution in [0.5, 0.6) is 0 Å². The van der Waals surface area contributed by atoms with Crippen LogP contribution in [0.3, 0.4) is 0 Å². The summed E-state index contributed by atoms with van der Waals surface area (Å²) in [5, 5.41) is 17.8. The van der Waals surface area contributed by atoms with Crippen LogP contribution in [0.2, 0.25) is 0 Å². The number of carbonyl (C=O) groups is 1. The summed E-state index contributed by atoms with van der Waals surface area (Å²) in [5.41, 5.74) is 4.95. The van der Waals surface area contributed by atoms with Crippen LogP contribution in [0.4, 0.5) is 4.39 Å². The SMILES string of the molecule is Cc1c(C(C)NC(=O)c2n[nH]c3c2CNCC3)cnn1-c1ccc(F)cc1.Cl. The Kier molecular flexibility index (Phi) is 5.81. The molecule has 1 aliphatic heterocycles. The Balaban J connectivity index is 0.00000225. The van der Waals surface area contributed by atoms with Crippen molar-refractivity contribution in [2.75, 3.05) is 6.54 Å². The van der Waals surface area contributed by atoms with E-state index in [0.29, 0.717) is 12.2 Å². The maximum Gasteiger partial charge on any atom is 0.272 e. The quantitative estimate of drug-likeness (QED) is 0.623. The molecule has 0 spiro atoms. The van der Waals surface area contributed by atoms with E-state index in [0.717, 1.165) is 41.2 Å². The van der Waals surface area contributed by atoms with Crippen molar-refractivity contribution >= 4 is 18.3 Å². The van der Waals surface area contributed by atoms with Crippen LogP contribution in [0.1, 0.15) is 46.0 Å². The van der Waals surface area contributed by atoms with Gasteiger partial charge in [-0.05, 0) is 38.1 Å². The highest BCUT2D eigenvalue weighted by Crippen LogP contribution is 2.22. The second kappa shape index (κ2) is 8.12. The number of amides is 1. The fourth-order valence-corrected chi connectivity index (χ4v) is 3.45. The number of aromatic nitrogens is 4. The fraction of sp³-hybridized carbons (Fsp3) is 0.316. The van der Waals surface area contributed by atoms with Crippen LogP contribution in [0.25, 0.3) is 5.69 Å². The molecule has 0 radical (unpaired) electrons. The molecule has 0 bridgehead atoms. The molecular formula is C19H22ClFN6O. The van der Waals surface area contributed by atoms with E-state index in [9.17, 15) is 9.18 Å². The van der Waals surface area contributed by atoms with Gasteiger partial charge in [-0.2, -0.15) is 10.2 Å². The maximum absolute atomic E-state index is 13.1. The average molecular weight is 405 g/mol. The number of halogens is 2. The van der Waals surface area contributed by atoms with Gasteiger partial charge in [0, 0.05) is 42.0 Å². The summed E-state index contributed by atoms with van der Waals surface area (Å²) in [6.45, 7) is 5.36. The van der Waals surface area contributed by atoms with Gasteiger partial charge in [-0.1, -0.05) is 0 Å². The molecule has 4 rings (SSSR count). The lowest BCUT2D eigenvalue weighted by Gasteiger charge is -2.16. The average Bonchev–Trinajstić information content (AvgIpc) is 3.26. The largest absolute Gasteiger partial charge is 0.344 e. The molecule has 9 heteroatoms. The molecule has 28 heavy (non-hydrogen) atoms. The minimum atomic E-state index is -0.291. The van der Waals surface area contributed by atoms with Gasteiger partial charge in [0.2, 0.25) is 0 Å². The number of aromatic amines is 1. The van der Waals surface area contributed by atoms with Crippen molar-refractivity contribution < 1.29 is 9.18 Å². The highest BCUT2D eigenvalue weighted by molar-refractivity contribution is 5.94. The monoisotopic (exact) mass is 404 g/mol. The first-order chi connectivity index (χ1) is 13.0. The normalized spacial score (nSPS) is 14.1. The molecule has 7 nitrogen and oxygen atoms in total. The lowest BCUT2D eigenvalue weighted by Crippen LogP contribution is -2.30. The summed E-state index contributed by atoms with van der Waals surface area (Å²) in [7, 11) is 0. The first-order valence-electron chi connectivity index (χ1n) is 8.92. The number of carbonyl (C=O) groups excluding carboxylic acids is 1. The Morgan fingerprint density at radius 3 is 2.82 bits per heavy atom. The molecule has 0 saturated carbocycles. The molecule has 0 aliphatic carbocycles. The first-order valence-corrected chi connectivity index (χ1v) is 8.92. The van der Waals surface area contributed by atoms with E-state index >= 15 is 0 Å². The molecule has 3 N–H and O–H groups in total. The molecular weight excluding hydrogens is 383 g/mol. The zero-order chi connectivity index (χ0) is 19.0. The lowest BCUT2D eigenvalue weighted by molar-refractivity contribution is 0.0933. The van der Waals surface area contributed by atoms with E-state index in [1.165, 1.54) is 12.1 Å². The van der Waals surface area contributed by atoms with Gasteiger partial charge < -0.3 is 10.6 Å². The Labute approximate surface area is 168 Å².